The Morgan fingerprint density at radius 1 is 0.982 bits per heavy atom. The van der Waals surface area contributed by atoms with E-state index < -0.39 is 6.04 Å². The summed E-state index contributed by atoms with van der Waals surface area (Å²) in [6, 6.07) is 20.6. The normalized spacial score (nSPS) is 23.5. The summed E-state index contributed by atoms with van der Waals surface area (Å²) in [5.74, 6) is 2.28. The van der Waals surface area contributed by atoms with E-state index in [4.69, 9.17) is 4.74 Å². The van der Waals surface area contributed by atoms with Crippen molar-refractivity contribution in [2.24, 2.45) is 17.3 Å². The van der Waals surface area contributed by atoms with E-state index in [1.165, 1.54) is 66.8 Å². The number of piperazine rings is 1. The minimum absolute atomic E-state index is 0.00918. The van der Waals surface area contributed by atoms with E-state index in [0.717, 1.165) is 69.5 Å². The zero-order valence-electron chi connectivity index (χ0n) is 34.3. The predicted molar refractivity (Wildman–Crippen MR) is 226 cm³/mol. The van der Waals surface area contributed by atoms with Crippen molar-refractivity contribution in [1.82, 2.24) is 9.80 Å². The van der Waals surface area contributed by atoms with E-state index in [1.807, 2.05) is 30.3 Å². The Morgan fingerprint density at radius 2 is 1.75 bits per heavy atom. The van der Waals surface area contributed by atoms with Crippen molar-refractivity contribution in [2.45, 2.75) is 90.1 Å². The van der Waals surface area contributed by atoms with Crippen LogP contribution in [0.2, 0.25) is 0 Å². The number of hydrogen-bond donors (Lipinski definition) is 1. The smallest absolute Gasteiger partial charge is 0.254 e. The molecule has 8 rings (SSSR count). The monoisotopic (exact) mass is 772 g/mol. The molecular formula is C48H60N4O5. The summed E-state index contributed by atoms with van der Waals surface area (Å²) in [5.41, 5.74) is 7.35. The highest BCUT2D eigenvalue weighted by molar-refractivity contribution is 5.98. The van der Waals surface area contributed by atoms with Crippen LogP contribution in [0, 0.1) is 17.3 Å². The Morgan fingerprint density at radius 3 is 2.47 bits per heavy atom. The molecular weight excluding hydrogens is 713 g/mol. The number of piperidine rings is 1. The minimum Gasteiger partial charge on any atom is -0.508 e. The zero-order chi connectivity index (χ0) is 39.8. The van der Waals surface area contributed by atoms with Crippen molar-refractivity contribution < 1.29 is 24.2 Å². The number of fused-ring (bicyclic) bond motifs is 4. The molecule has 3 aliphatic heterocycles. The largest absolute Gasteiger partial charge is 0.508 e. The van der Waals surface area contributed by atoms with E-state index in [-0.39, 0.29) is 29.9 Å². The van der Waals surface area contributed by atoms with Crippen molar-refractivity contribution in [1.29, 1.82) is 0 Å². The van der Waals surface area contributed by atoms with Gasteiger partial charge < -0.3 is 29.3 Å². The molecule has 1 N–H and O–H groups in total. The molecule has 3 aromatic rings. The van der Waals surface area contributed by atoms with E-state index in [2.05, 4.69) is 64.1 Å². The number of ether oxygens (including phenoxy) is 1. The topological polar surface area (TPSA) is 93.6 Å². The number of phenolic OH excluding ortho intramolecular Hbond substituents is 1. The van der Waals surface area contributed by atoms with Gasteiger partial charge in [0.25, 0.3) is 5.91 Å². The second-order valence-electron chi connectivity index (χ2n) is 17.8. The van der Waals surface area contributed by atoms with Gasteiger partial charge in [0.05, 0.1) is 17.8 Å². The summed E-state index contributed by atoms with van der Waals surface area (Å²) in [5, 5.41) is 10.1. The fourth-order valence-corrected chi connectivity index (χ4v) is 11.0. The molecule has 9 heteroatoms. The van der Waals surface area contributed by atoms with E-state index in [9.17, 15) is 19.5 Å². The standard InChI is InChI=1S/C48H60N4O5/c1-5-6-35-8-9-37-25-41(55)15-16-42(37)46(35)36-10-13-39(14-11-36)51-21-19-48(20-22-51)27-34(28-48)29-50-23-24-52-40(30-50)31-57-45-26-38(12-18-44(45)52)47(56)49(4)43(33(3)54)17-7-32(2)53/h5-6,10-16,18,25-26,34-35,40,43,46,55H,7-9,17,19-24,27-31H2,1-4H3/b6-5+/t35-,40-,43?,46+/m0/s1. The predicted octanol–water partition coefficient (Wildman–Crippen LogP) is 7.64. The van der Waals surface area contributed by atoms with Gasteiger partial charge in [0, 0.05) is 69.9 Å². The van der Waals surface area contributed by atoms with Gasteiger partial charge in [-0.3, -0.25) is 14.5 Å². The van der Waals surface area contributed by atoms with Crippen molar-refractivity contribution in [3.05, 3.63) is 95.1 Å². The molecule has 3 aromatic carbocycles. The van der Waals surface area contributed by atoms with Gasteiger partial charge in [-0.2, -0.15) is 0 Å². The Bertz CT molecular complexity index is 1990. The van der Waals surface area contributed by atoms with Gasteiger partial charge in [0.1, 0.15) is 23.9 Å². The number of benzene rings is 3. The van der Waals surface area contributed by atoms with Crippen LogP contribution >= 0.6 is 0 Å². The van der Waals surface area contributed by atoms with Gasteiger partial charge in [0.2, 0.25) is 0 Å². The molecule has 302 valence electrons. The molecule has 3 heterocycles. The number of carbonyl (C=O) groups excluding carboxylic acids is 3. The van der Waals surface area contributed by atoms with Crippen molar-refractivity contribution >= 4 is 28.8 Å². The third kappa shape index (κ3) is 8.09. The number of amides is 1. The number of aromatic hydroxyl groups is 1. The van der Waals surface area contributed by atoms with E-state index in [1.54, 1.807) is 7.05 Å². The van der Waals surface area contributed by atoms with Crippen LogP contribution in [0.25, 0.3) is 0 Å². The molecule has 0 bridgehead atoms. The summed E-state index contributed by atoms with van der Waals surface area (Å²) in [6.45, 7) is 12.0. The maximum atomic E-state index is 13.4. The highest BCUT2D eigenvalue weighted by Gasteiger charge is 2.47. The van der Waals surface area contributed by atoms with Crippen LogP contribution in [-0.2, 0) is 16.0 Å². The molecule has 5 aliphatic rings. The van der Waals surface area contributed by atoms with Gasteiger partial charge in [-0.05, 0) is 142 Å². The average molecular weight is 773 g/mol. The summed E-state index contributed by atoms with van der Waals surface area (Å²) < 4.78 is 6.28. The Kier molecular flexibility index (Phi) is 11.2. The van der Waals surface area contributed by atoms with E-state index >= 15 is 0 Å². The fourth-order valence-electron chi connectivity index (χ4n) is 11.0. The molecule has 2 aliphatic carbocycles. The van der Waals surface area contributed by atoms with Crippen LogP contribution in [-0.4, -0.2) is 97.4 Å². The molecule has 3 fully saturated rings. The first-order valence-corrected chi connectivity index (χ1v) is 21.3. The molecule has 1 spiro atoms. The Hall–Kier alpha value is -4.63. The summed E-state index contributed by atoms with van der Waals surface area (Å²) >= 11 is 0. The lowest BCUT2D eigenvalue weighted by molar-refractivity contribution is -0.122. The van der Waals surface area contributed by atoms with Crippen molar-refractivity contribution in [2.75, 3.05) is 62.7 Å². The lowest BCUT2D eigenvalue weighted by Gasteiger charge is -2.54. The molecule has 1 unspecified atom stereocenters. The number of likely N-dealkylation sites (N-methyl/N-ethyl adjacent to an activating group) is 1. The molecule has 9 nitrogen and oxygen atoms in total. The quantitative estimate of drug-likeness (QED) is 0.199. The number of phenols is 1. The first-order chi connectivity index (χ1) is 27.5. The van der Waals surface area contributed by atoms with Gasteiger partial charge in [-0.25, -0.2) is 0 Å². The number of rotatable bonds is 11. The maximum Gasteiger partial charge on any atom is 0.254 e. The number of ketones is 2. The number of Topliss-reactive ketones (excluding diaryl/α,β-unsaturated/α-hetero) is 2. The number of carbonyl (C=O) groups is 3. The minimum atomic E-state index is -0.626. The van der Waals surface area contributed by atoms with Crippen LogP contribution in [0.1, 0.15) is 98.7 Å². The molecule has 4 atom stereocenters. The van der Waals surface area contributed by atoms with Crippen LogP contribution in [0.5, 0.6) is 11.5 Å². The van der Waals surface area contributed by atoms with E-state index in [0.29, 0.717) is 41.6 Å². The summed E-state index contributed by atoms with van der Waals surface area (Å²) in [6.07, 6.45) is 12.5. The lowest BCUT2D eigenvalue weighted by atomic mass is 9.57. The Balaban J connectivity index is 0.814. The van der Waals surface area contributed by atoms with Crippen LogP contribution in [0.3, 0.4) is 0 Å². The average Bonchev–Trinajstić information content (AvgIpc) is 3.19. The Labute approximate surface area is 338 Å². The SMILES string of the molecule is C/C=C/[C@H]1CCc2cc(O)ccc2[C@H]1c1ccc(N2CCC3(CC2)CC(CN2CCN4c5ccc(C(=O)N(C)C(CCC(C)=O)C(C)=O)cc5OC[C@@H]4C2)C3)cc1. The van der Waals surface area contributed by atoms with Crippen LogP contribution in [0.4, 0.5) is 11.4 Å². The number of allylic oxidation sites excluding steroid dienone is 2. The van der Waals surface area contributed by atoms with Gasteiger partial charge >= 0.3 is 0 Å². The number of hydrogen-bond acceptors (Lipinski definition) is 8. The number of anilines is 2. The molecule has 1 saturated carbocycles. The van der Waals surface area contributed by atoms with Gasteiger partial charge in [-0.1, -0.05) is 30.4 Å². The number of nitrogens with zero attached hydrogens (tertiary/aromatic N) is 4. The highest BCUT2D eigenvalue weighted by atomic mass is 16.5. The molecule has 1 amide bonds. The first kappa shape index (κ1) is 39.2. The third-order valence-corrected chi connectivity index (χ3v) is 14.0. The molecule has 0 aromatic heterocycles. The fraction of sp³-hybridized carbons (Fsp3) is 0.521. The van der Waals surface area contributed by atoms with Gasteiger partial charge in [0.15, 0.2) is 5.78 Å². The summed E-state index contributed by atoms with van der Waals surface area (Å²) in [4.78, 5) is 46.5. The van der Waals surface area contributed by atoms with Crippen LogP contribution < -0.4 is 14.5 Å². The third-order valence-electron chi connectivity index (χ3n) is 14.0. The van der Waals surface area contributed by atoms with Gasteiger partial charge in [-0.15, -0.1) is 0 Å². The zero-order valence-corrected chi connectivity index (χ0v) is 34.3. The lowest BCUT2D eigenvalue weighted by Crippen LogP contribution is -2.59. The number of aryl methyl sites for hydroxylation is 1. The first-order valence-electron chi connectivity index (χ1n) is 21.3. The molecule has 2 saturated heterocycles. The second-order valence-corrected chi connectivity index (χ2v) is 17.8. The van der Waals surface area contributed by atoms with Crippen molar-refractivity contribution in [3.8, 4) is 11.5 Å². The van der Waals surface area contributed by atoms with Crippen molar-refractivity contribution in [3.63, 3.8) is 0 Å². The second kappa shape index (κ2) is 16.3. The maximum absolute atomic E-state index is 13.4. The molecule has 57 heavy (non-hydrogen) atoms. The van der Waals surface area contributed by atoms with Crippen LogP contribution in [0.15, 0.2) is 72.8 Å². The summed E-state index contributed by atoms with van der Waals surface area (Å²) in [7, 11) is 1.64. The molecule has 0 radical (unpaired) electrons. The highest BCUT2D eigenvalue weighted by Crippen LogP contribution is 2.53.